The Labute approximate surface area is 145 Å². The molecule has 1 N–H and O–H groups in total. The van der Waals surface area contributed by atoms with Gasteiger partial charge in [-0.3, -0.25) is 4.79 Å². The van der Waals surface area contributed by atoms with Gasteiger partial charge < -0.3 is 4.90 Å². The van der Waals surface area contributed by atoms with Crippen LogP contribution in [0.15, 0.2) is 53.4 Å². The molecule has 0 aliphatic carbocycles. The Morgan fingerprint density at radius 3 is 2.28 bits per heavy atom. The van der Waals surface area contributed by atoms with Gasteiger partial charge in [0, 0.05) is 25.7 Å². The molecular formula is C17H16FN3O3S. The first-order chi connectivity index (χ1) is 11.8. The van der Waals surface area contributed by atoms with Crippen LogP contribution < -0.4 is 9.62 Å². The second-order valence-corrected chi connectivity index (χ2v) is 6.95. The number of anilines is 1. The number of hydrogen-bond acceptors (Lipinski definition) is 4. The minimum Gasteiger partial charge on any atom is -0.311 e. The van der Waals surface area contributed by atoms with Crippen LogP contribution in [0, 0.1) is 17.1 Å². The van der Waals surface area contributed by atoms with E-state index in [1.807, 2.05) is 6.07 Å². The molecule has 0 saturated heterocycles. The molecule has 1 amide bonds. The minimum atomic E-state index is -3.79. The van der Waals surface area contributed by atoms with Crippen molar-refractivity contribution in [3.05, 3.63) is 59.9 Å². The summed E-state index contributed by atoms with van der Waals surface area (Å²) in [4.78, 5) is 13.1. The summed E-state index contributed by atoms with van der Waals surface area (Å²) in [6.07, 6.45) is 0. The molecule has 0 atom stereocenters. The number of nitrogens with one attached hydrogen (secondary N) is 1. The van der Waals surface area contributed by atoms with Crippen molar-refractivity contribution in [1.29, 1.82) is 5.26 Å². The SMILES string of the molecule is CC(=O)N(CCNS(=O)(=O)c1ccc(F)cc1)c1ccc(C#N)cc1. The molecule has 0 heterocycles. The maximum Gasteiger partial charge on any atom is 0.240 e. The van der Waals surface area contributed by atoms with E-state index < -0.39 is 15.8 Å². The van der Waals surface area contributed by atoms with E-state index in [4.69, 9.17) is 5.26 Å². The van der Waals surface area contributed by atoms with Gasteiger partial charge in [0.05, 0.1) is 16.5 Å². The number of benzene rings is 2. The van der Waals surface area contributed by atoms with Crippen molar-refractivity contribution in [1.82, 2.24) is 4.72 Å². The highest BCUT2D eigenvalue weighted by atomic mass is 32.2. The largest absolute Gasteiger partial charge is 0.311 e. The number of nitriles is 1. The number of nitrogens with zero attached hydrogens (tertiary/aromatic N) is 2. The second kappa shape index (κ2) is 7.88. The molecule has 0 aliphatic rings. The molecule has 0 aliphatic heterocycles. The lowest BCUT2D eigenvalue weighted by Gasteiger charge is -2.21. The summed E-state index contributed by atoms with van der Waals surface area (Å²) in [6.45, 7) is 1.47. The van der Waals surface area contributed by atoms with E-state index in [2.05, 4.69) is 4.72 Å². The Balaban J connectivity index is 2.05. The zero-order valence-electron chi connectivity index (χ0n) is 13.4. The number of sulfonamides is 1. The Bertz CT molecular complexity index is 888. The summed E-state index contributed by atoms with van der Waals surface area (Å²) in [5, 5.41) is 8.80. The first-order valence-electron chi connectivity index (χ1n) is 7.37. The topological polar surface area (TPSA) is 90.3 Å². The van der Waals surface area contributed by atoms with Crippen LogP contribution in [0.3, 0.4) is 0 Å². The molecule has 0 aromatic heterocycles. The average molecular weight is 361 g/mol. The predicted octanol–water partition coefficient (Wildman–Crippen LogP) is 2.03. The Morgan fingerprint density at radius 2 is 1.76 bits per heavy atom. The highest BCUT2D eigenvalue weighted by Crippen LogP contribution is 2.15. The monoisotopic (exact) mass is 361 g/mol. The van der Waals surface area contributed by atoms with Gasteiger partial charge in [-0.15, -0.1) is 0 Å². The van der Waals surface area contributed by atoms with Crippen LogP contribution in [-0.2, 0) is 14.8 Å². The maximum atomic E-state index is 12.9. The third-order valence-electron chi connectivity index (χ3n) is 3.44. The average Bonchev–Trinajstić information content (AvgIpc) is 2.59. The summed E-state index contributed by atoms with van der Waals surface area (Å²) >= 11 is 0. The van der Waals surface area contributed by atoms with E-state index >= 15 is 0 Å². The molecule has 25 heavy (non-hydrogen) atoms. The lowest BCUT2D eigenvalue weighted by atomic mass is 10.2. The maximum absolute atomic E-state index is 12.9. The predicted molar refractivity (Wildman–Crippen MR) is 90.8 cm³/mol. The second-order valence-electron chi connectivity index (χ2n) is 5.18. The van der Waals surface area contributed by atoms with Crippen LogP contribution in [0.4, 0.5) is 10.1 Å². The van der Waals surface area contributed by atoms with Crippen LogP contribution in [0.2, 0.25) is 0 Å². The van der Waals surface area contributed by atoms with E-state index in [0.29, 0.717) is 11.3 Å². The van der Waals surface area contributed by atoms with Gasteiger partial charge >= 0.3 is 0 Å². The van der Waals surface area contributed by atoms with Crippen LogP contribution in [0.25, 0.3) is 0 Å². The van der Waals surface area contributed by atoms with Crippen LogP contribution in [0.1, 0.15) is 12.5 Å². The van der Waals surface area contributed by atoms with E-state index in [9.17, 15) is 17.6 Å². The van der Waals surface area contributed by atoms with Crippen LogP contribution in [0.5, 0.6) is 0 Å². The summed E-state index contributed by atoms with van der Waals surface area (Å²) in [7, 11) is -3.79. The smallest absolute Gasteiger partial charge is 0.240 e. The molecule has 0 fully saturated rings. The highest BCUT2D eigenvalue weighted by molar-refractivity contribution is 7.89. The van der Waals surface area contributed by atoms with Gasteiger partial charge in [-0.05, 0) is 48.5 Å². The fraction of sp³-hybridized carbons (Fsp3) is 0.176. The van der Waals surface area contributed by atoms with Crippen molar-refractivity contribution >= 4 is 21.6 Å². The Hall–Kier alpha value is -2.76. The molecule has 2 aromatic rings. The molecule has 0 unspecified atom stereocenters. The highest BCUT2D eigenvalue weighted by Gasteiger charge is 2.16. The number of carbonyl (C=O) groups is 1. The molecule has 8 heteroatoms. The summed E-state index contributed by atoms with van der Waals surface area (Å²) in [5.41, 5.74) is 1.02. The van der Waals surface area contributed by atoms with Gasteiger partial charge in [0.15, 0.2) is 0 Å². The van der Waals surface area contributed by atoms with Gasteiger partial charge in [0.1, 0.15) is 5.82 Å². The van der Waals surface area contributed by atoms with E-state index in [1.54, 1.807) is 24.3 Å². The van der Waals surface area contributed by atoms with E-state index in [-0.39, 0.29) is 23.9 Å². The molecule has 0 spiro atoms. The third-order valence-corrected chi connectivity index (χ3v) is 4.92. The summed E-state index contributed by atoms with van der Waals surface area (Å²) in [6, 6.07) is 12.8. The molecule has 2 aromatic carbocycles. The van der Waals surface area contributed by atoms with Crippen molar-refractivity contribution in [2.45, 2.75) is 11.8 Å². The van der Waals surface area contributed by atoms with Crippen molar-refractivity contribution in [3.63, 3.8) is 0 Å². The molecular weight excluding hydrogens is 345 g/mol. The van der Waals surface area contributed by atoms with Crippen molar-refractivity contribution in [2.24, 2.45) is 0 Å². The Kier molecular flexibility index (Phi) is 5.85. The lowest BCUT2D eigenvalue weighted by Crippen LogP contribution is -2.37. The van der Waals surface area contributed by atoms with Crippen LogP contribution in [-0.4, -0.2) is 27.4 Å². The quantitative estimate of drug-likeness (QED) is 0.852. The van der Waals surface area contributed by atoms with Gasteiger partial charge in [0.25, 0.3) is 0 Å². The number of rotatable bonds is 6. The molecule has 2 rings (SSSR count). The number of carbonyl (C=O) groups excluding carboxylic acids is 1. The third kappa shape index (κ3) is 4.86. The first-order valence-corrected chi connectivity index (χ1v) is 8.85. The molecule has 130 valence electrons. The van der Waals surface area contributed by atoms with Crippen molar-refractivity contribution in [2.75, 3.05) is 18.0 Å². The number of halogens is 1. The molecule has 0 bridgehead atoms. The van der Waals surface area contributed by atoms with E-state index in [1.165, 1.54) is 24.0 Å². The summed E-state index contributed by atoms with van der Waals surface area (Å²) in [5.74, 6) is -0.784. The fourth-order valence-corrected chi connectivity index (χ4v) is 3.19. The van der Waals surface area contributed by atoms with Gasteiger partial charge in [-0.1, -0.05) is 0 Å². The molecule has 0 radical (unpaired) electrons. The van der Waals surface area contributed by atoms with Crippen molar-refractivity contribution in [3.8, 4) is 6.07 Å². The van der Waals surface area contributed by atoms with Crippen molar-refractivity contribution < 1.29 is 17.6 Å². The number of hydrogen-bond donors (Lipinski definition) is 1. The van der Waals surface area contributed by atoms with Gasteiger partial charge in [-0.2, -0.15) is 5.26 Å². The number of amides is 1. The zero-order valence-corrected chi connectivity index (χ0v) is 14.3. The standard InChI is InChI=1S/C17H16FN3O3S/c1-13(22)21(16-6-2-14(12-19)3-7-16)11-10-20-25(23,24)17-8-4-15(18)5-9-17/h2-9,20H,10-11H2,1H3. The first kappa shape index (κ1) is 18.6. The van der Waals surface area contributed by atoms with Crippen LogP contribution >= 0.6 is 0 Å². The zero-order chi connectivity index (χ0) is 18.4. The van der Waals surface area contributed by atoms with E-state index in [0.717, 1.165) is 12.1 Å². The fourth-order valence-electron chi connectivity index (χ4n) is 2.17. The minimum absolute atomic E-state index is 0.0146. The van der Waals surface area contributed by atoms with Gasteiger partial charge in [0.2, 0.25) is 15.9 Å². The molecule has 6 nitrogen and oxygen atoms in total. The Morgan fingerprint density at radius 1 is 1.16 bits per heavy atom. The summed E-state index contributed by atoms with van der Waals surface area (Å²) < 4.78 is 39.5. The van der Waals surface area contributed by atoms with Gasteiger partial charge in [-0.25, -0.2) is 17.5 Å². The molecule has 0 saturated carbocycles. The normalized spacial score (nSPS) is 10.9. The lowest BCUT2D eigenvalue weighted by molar-refractivity contribution is -0.116.